The Balaban J connectivity index is 2.28. The van der Waals surface area contributed by atoms with E-state index in [1.54, 1.807) is 14.2 Å². The average Bonchev–Trinajstić information content (AvgIpc) is 2.49. The van der Waals surface area contributed by atoms with Crippen molar-refractivity contribution < 1.29 is 9.47 Å². The van der Waals surface area contributed by atoms with Crippen LogP contribution < -0.4 is 15.2 Å². The number of nitrogens with two attached hydrogens (primary N) is 1. The maximum Gasteiger partial charge on any atom is 0.122 e. The lowest BCUT2D eigenvalue weighted by atomic mass is 10.0. The third-order valence-corrected chi connectivity index (χ3v) is 4.26. The lowest BCUT2D eigenvalue weighted by Gasteiger charge is -2.42. The smallest absolute Gasteiger partial charge is 0.122 e. The zero-order valence-corrected chi connectivity index (χ0v) is 13.5. The van der Waals surface area contributed by atoms with Gasteiger partial charge in [0.1, 0.15) is 11.5 Å². The Morgan fingerprint density at radius 1 is 1.19 bits per heavy atom. The van der Waals surface area contributed by atoms with Crippen molar-refractivity contribution in [2.75, 3.05) is 47.4 Å². The van der Waals surface area contributed by atoms with E-state index in [4.69, 9.17) is 15.2 Å². The fourth-order valence-corrected chi connectivity index (χ4v) is 3.10. The molecule has 1 fully saturated rings. The van der Waals surface area contributed by atoms with Crippen LogP contribution in [-0.2, 0) is 0 Å². The van der Waals surface area contributed by atoms with Crippen molar-refractivity contribution in [3.63, 3.8) is 0 Å². The van der Waals surface area contributed by atoms with Gasteiger partial charge in [0.15, 0.2) is 0 Å². The zero-order valence-electron chi connectivity index (χ0n) is 13.5. The predicted octanol–water partition coefficient (Wildman–Crippen LogP) is 1.34. The van der Waals surface area contributed by atoms with Crippen LogP contribution in [0.25, 0.3) is 0 Å². The minimum Gasteiger partial charge on any atom is -0.497 e. The van der Waals surface area contributed by atoms with E-state index in [0.29, 0.717) is 12.6 Å². The summed E-state index contributed by atoms with van der Waals surface area (Å²) in [6.45, 7) is 6.01. The van der Waals surface area contributed by atoms with E-state index in [-0.39, 0.29) is 6.04 Å². The van der Waals surface area contributed by atoms with Gasteiger partial charge in [-0.15, -0.1) is 0 Å². The van der Waals surface area contributed by atoms with E-state index in [1.807, 2.05) is 6.07 Å². The van der Waals surface area contributed by atoms with E-state index < -0.39 is 0 Å². The number of rotatable bonds is 5. The van der Waals surface area contributed by atoms with Crippen molar-refractivity contribution in [2.45, 2.75) is 19.0 Å². The fraction of sp³-hybridized carbons (Fsp3) is 0.625. The molecule has 2 atom stereocenters. The summed E-state index contributed by atoms with van der Waals surface area (Å²) < 4.78 is 10.8. The van der Waals surface area contributed by atoms with E-state index >= 15 is 0 Å². The molecule has 0 aliphatic carbocycles. The van der Waals surface area contributed by atoms with Crippen molar-refractivity contribution in [2.24, 2.45) is 5.73 Å². The molecule has 2 N–H and O–H groups in total. The third-order valence-electron chi connectivity index (χ3n) is 4.26. The summed E-state index contributed by atoms with van der Waals surface area (Å²) in [6, 6.07) is 6.69. The monoisotopic (exact) mass is 293 g/mol. The minimum absolute atomic E-state index is 0.192. The maximum absolute atomic E-state index is 6.08. The Labute approximate surface area is 127 Å². The van der Waals surface area contributed by atoms with Gasteiger partial charge < -0.3 is 20.1 Å². The second-order valence-corrected chi connectivity index (χ2v) is 5.75. The molecule has 0 radical (unpaired) electrons. The van der Waals surface area contributed by atoms with Gasteiger partial charge in [-0.05, 0) is 31.7 Å². The summed E-state index contributed by atoms with van der Waals surface area (Å²) >= 11 is 0. The number of hydrogen-bond donors (Lipinski definition) is 1. The van der Waals surface area contributed by atoms with Gasteiger partial charge in [0.05, 0.1) is 14.2 Å². The first-order valence-corrected chi connectivity index (χ1v) is 7.46. The molecule has 5 heteroatoms. The third kappa shape index (κ3) is 3.67. The van der Waals surface area contributed by atoms with Gasteiger partial charge in [0, 0.05) is 44.3 Å². The van der Waals surface area contributed by atoms with Crippen LogP contribution in [0.1, 0.15) is 18.5 Å². The Morgan fingerprint density at radius 3 is 2.29 bits per heavy atom. The number of ether oxygens (including phenoxy) is 2. The van der Waals surface area contributed by atoms with E-state index in [0.717, 1.165) is 36.7 Å². The minimum atomic E-state index is 0.192. The van der Waals surface area contributed by atoms with Crippen LogP contribution in [0.5, 0.6) is 11.5 Å². The Bertz CT molecular complexity index is 445. The van der Waals surface area contributed by atoms with Crippen LogP contribution in [0.2, 0.25) is 0 Å². The van der Waals surface area contributed by atoms with Gasteiger partial charge in [0.25, 0.3) is 0 Å². The number of benzene rings is 1. The molecule has 5 nitrogen and oxygen atoms in total. The number of piperazine rings is 1. The lowest BCUT2D eigenvalue weighted by Crippen LogP contribution is -2.52. The second-order valence-electron chi connectivity index (χ2n) is 5.75. The molecule has 2 unspecified atom stereocenters. The molecule has 1 aliphatic heterocycles. The SMILES string of the molecule is COc1cc(OC)cc(C(CN)N2CCN(C)CC2C)c1. The van der Waals surface area contributed by atoms with Gasteiger partial charge in [-0.25, -0.2) is 0 Å². The molecule has 1 aromatic carbocycles. The number of nitrogens with zero attached hydrogens (tertiary/aromatic N) is 2. The van der Waals surface area contributed by atoms with E-state index in [9.17, 15) is 0 Å². The topological polar surface area (TPSA) is 51.0 Å². The molecule has 2 rings (SSSR count). The molecule has 0 spiro atoms. The quantitative estimate of drug-likeness (QED) is 0.888. The number of methoxy groups -OCH3 is 2. The van der Waals surface area contributed by atoms with Crippen LogP contribution in [0.4, 0.5) is 0 Å². The normalized spacial score (nSPS) is 22.0. The average molecular weight is 293 g/mol. The number of likely N-dealkylation sites (N-methyl/N-ethyl adjacent to an activating group) is 1. The van der Waals surface area contributed by atoms with Gasteiger partial charge in [-0.2, -0.15) is 0 Å². The van der Waals surface area contributed by atoms with Crippen molar-refractivity contribution in [1.29, 1.82) is 0 Å². The molecule has 0 aromatic heterocycles. The van der Waals surface area contributed by atoms with Crippen molar-refractivity contribution in [3.05, 3.63) is 23.8 Å². The first-order chi connectivity index (χ1) is 10.1. The summed E-state index contributed by atoms with van der Waals surface area (Å²) in [5.41, 5.74) is 7.24. The summed E-state index contributed by atoms with van der Waals surface area (Å²) in [5.74, 6) is 1.62. The summed E-state index contributed by atoms with van der Waals surface area (Å²) in [6.07, 6.45) is 0. The van der Waals surface area contributed by atoms with E-state index in [1.165, 1.54) is 0 Å². The molecular formula is C16H27N3O2. The lowest BCUT2D eigenvalue weighted by molar-refractivity contribution is 0.0634. The highest BCUT2D eigenvalue weighted by molar-refractivity contribution is 5.40. The van der Waals surface area contributed by atoms with Crippen LogP contribution in [-0.4, -0.2) is 63.3 Å². The maximum atomic E-state index is 6.08. The molecule has 118 valence electrons. The summed E-state index contributed by atoms with van der Waals surface area (Å²) in [5, 5.41) is 0. The van der Waals surface area contributed by atoms with Crippen molar-refractivity contribution in [3.8, 4) is 11.5 Å². The number of hydrogen-bond acceptors (Lipinski definition) is 5. The predicted molar refractivity (Wildman–Crippen MR) is 85.0 cm³/mol. The first kappa shape index (κ1) is 16.1. The first-order valence-electron chi connectivity index (χ1n) is 7.46. The molecule has 21 heavy (non-hydrogen) atoms. The molecule has 1 aromatic rings. The van der Waals surface area contributed by atoms with Gasteiger partial charge in [-0.3, -0.25) is 4.90 Å². The van der Waals surface area contributed by atoms with Crippen LogP contribution in [0.3, 0.4) is 0 Å². The standard InChI is InChI=1S/C16H27N3O2/c1-12-11-18(2)5-6-19(12)16(10-17)13-7-14(20-3)9-15(8-13)21-4/h7-9,12,16H,5-6,10-11,17H2,1-4H3. The Morgan fingerprint density at radius 2 is 1.81 bits per heavy atom. The molecule has 0 bridgehead atoms. The highest BCUT2D eigenvalue weighted by Crippen LogP contribution is 2.30. The molecular weight excluding hydrogens is 266 g/mol. The fourth-order valence-electron chi connectivity index (χ4n) is 3.10. The summed E-state index contributed by atoms with van der Waals surface area (Å²) in [4.78, 5) is 4.84. The Hall–Kier alpha value is -1.30. The largest absolute Gasteiger partial charge is 0.497 e. The van der Waals surface area contributed by atoms with Gasteiger partial charge in [-0.1, -0.05) is 0 Å². The van der Waals surface area contributed by atoms with E-state index in [2.05, 4.69) is 35.9 Å². The molecule has 1 heterocycles. The molecule has 1 aliphatic rings. The van der Waals surface area contributed by atoms with Crippen LogP contribution >= 0.6 is 0 Å². The van der Waals surface area contributed by atoms with Crippen LogP contribution in [0, 0.1) is 0 Å². The zero-order chi connectivity index (χ0) is 15.4. The van der Waals surface area contributed by atoms with Crippen molar-refractivity contribution in [1.82, 2.24) is 9.80 Å². The highest BCUT2D eigenvalue weighted by atomic mass is 16.5. The van der Waals surface area contributed by atoms with Gasteiger partial charge in [0.2, 0.25) is 0 Å². The van der Waals surface area contributed by atoms with Crippen molar-refractivity contribution >= 4 is 0 Å². The van der Waals surface area contributed by atoms with Crippen LogP contribution in [0.15, 0.2) is 18.2 Å². The summed E-state index contributed by atoms with van der Waals surface area (Å²) in [7, 11) is 5.52. The molecule has 0 saturated carbocycles. The molecule has 0 amide bonds. The highest BCUT2D eigenvalue weighted by Gasteiger charge is 2.28. The Kier molecular flexibility index (Phi) is 5.45. The van der Waals surface area contributed by atoms with Gasteiger partial charge >= 0.3 is 0 Å². The second kappa shape index (κ2) is 7.11. The molecule has 1 saturated heterocycles.